The Morgan fingerprint density at radius 1 is 1.30 bits per heavy atom. The first-order valence-corrected chi connectivity index (χ1v) is 6.87. The van der Waals surface area contributed by atoms with Gasteiger partial charge in [-0.2, -0.15) is 0 Å². The second kappa shape index (κ2) is 5.81. The van der Waals surface area contributed by atoms with Crippen molar-refractivity contribution in [1.29, 1.82) is 0 Å². The lowest BCUT2D eigenvalue weighted by Gasteiger charge is -2.22. The van der Waals surface area contributed by atoms with Crippen LogP contribution in [0.15, 0.2) is 18.2 Å². The Labute approximate surface area is 118 Å². The van der Waals surface area contributed by atoms with Crippen molar-refractivity contribution >= 4 is 5.78 Å². The minimum absolute atomic E-state index is 0.0649. The lowest BCUT2D eigenvalue weighted by atomic mass is 9.98. The van der Waals surface area contributed by atoms with E-state index >= 15 is 0 Å². The zero-order valence-electron chi connectivity index (χ0n) is 11.7. The summed E-state index contributed by atoms with van der Waals surface area (Å²) in [5, 5.41) is 28.9. The fourth-order valence-electron chi connectivity index (χ4n) is 2.52. The maximum Gasteiger partial charge on any atom is 0.180 e. The Bertz CT molecular complexity index is 499. The van der Waals surface area contributed by atoms with Gasteiger partial charge in [-0.15, -0.1) is 0 Å². The van der Waals surface area contributed by atoms with Gasteiger partial charge in [0.25, 0.3) is 0 Å². The number of rotatable bonds is 3. The van der Waals surface area contributed by atoms with Crippen LogP contribution in [-0.4, -0.2) is 51.2 Å². The quantitative estimate of drug-likeness (QED) is 0.731. The molecule has 1 atom stereocenters. The molecule has 1 aromatic rings. The van der Waals surface area contributed by atoms with Crippen molar-refractivity contribution in [3.63, 3.8) is 0 Å². The van der Waals surface area contributed by atoms with E-state index in [0.717, 1.165) is 19.4 Å². The number of nitrogens with zero attached hydrogens (tertiary/aromatic N) is 1. The second-order valence-corrected chi connectivity index (χ2v) is 5.75. The van der Waals surface area contributed by atoms with Crippen molar-refractivity contribution in [2.24, 2.45) is 0 Å². The maximum absolute atomic E-state index is 12.2. The van der Waals surface area contributed by atoms with Crippen LogP contribution in [0.5, 0.6) is 11.5 Å². The first-order valence-electron chi connectivity index (χ1n) is 6.87. The third-order valence-corrected chi connectivity index (χ3v) is 3.81. The van der Waals surface area contributed by atoms with Crippen LogP contribution in [0.2, 0.25) is 0 Å². The average Bonchev–Trinajstić information content (AvgIpc) is 2.51. The van der Waals surface area contributed by atoms with Crippen molar-refractivity contribution in [3.05, 3.63) is 23.8 Å². The van der Waals surface area contributed by atoms with Crippen LogP contribution in [0.25, 0.3) is 0 Å². The molecule has 5 nitrogen and oxygen atoms in total. The average molecular weight is 279 g/mol. The molecule has 1 aliphatic heterocycles. The molecule has 3 N–H and O–H groups in total. The highest BCUT2D eigenvalue weighted by molar-refractivity contribution is 6.00. The number of Topliss-reactive ketones (excluding diaryl/α,β-unsaturated/α-hetero) is 1. The molecule has 110 valence electrons. The molecule has 1 aliphatic rings. The highest BCUT2D eigenvalue weighted by atomic mass is 16.3. The Kier molecular flexibility index (Phi) is 4.30. The van der Waals surface area contributed by atoms with E-state index in [1.165, 1.54) is 18.2 Å². The third kappa shape index (κ3) is 3.71. The lowest BCUT2D eigenvalue weighted by Crippen LogP contribution is -2.32. The number of benzene rings is 1. The summed E-state index contributed by atoms with van der Waals surface area (Å²) in [4.78, 5) is 14.2. The monoisotopic (exact) mass is 279 g/mol. The van der Waals surface area contributed by atoms with Gasteiger partial charge >= 0.3 is 0 Å². The van der Waals surface area contributed by atoms with Gasteiger partial charge in [-0.3, -0.25) is 9.69 Å². The van der Waals surface area contributed by atoms with Crippen LogP contribution in [0, 0.1) is 0 Å². The van der Waals surface area contributed by atoms with E-state index in [9.17, 15) is 20.1 Å². The van der Waals surface area contributed by atoms with Gasteiger partial charge in [-0.25, -0.2) is 0 Å². The van der Waals surface area contributed by atoms with Crippen LogP contribution < -0.4 is 0 Å². The van der Waals surface area contributed by atoms with Crippen LogP contribution in [0.3, 0.4) is 0 Å². The number of carbonyl (C=O) groups is 1. The lowest BCUT2D eigenvalue weighted by molar-refractivity contribution is 0.0444. The summed E-state index contributed by atoms with van der Waals surface area (Å²) < 4.78 is 0. The predicted octanol–water partition coefficient (Wildman–Crippen LogP) is 1.52. The van der Waals surface area contributed by atoms with Crippen molar-refractivity contribution in [2.75, 3.05) is 19.6 Å². The largest absolute Gasteiger partial charge is 0.508 e. The van der Waals surface area contributed by atoms with Gasteiger partial charge in [0, 0.05) is 12.6 Å². The number of aromatic hydroxyl groups is 2. The van der Waals surface area contributed by atoms with Gasteiger partial charge in [0.15, 0.2) is 5.78 Å². The number of phenolic OH excluding ortho intramolecular Hbond substituents is 2. The van der Waals surface area contributed by atoms with Crippen molar-refractivity contribution < 1.29 is 20.1 Å². The summed E-state index contributed by atoms with van der Waals surface area (Å²) in [6.45, 7) is 3.47. The zero-order valence-corrected chi connectivity index (χ0v) is 11.7. The minimum atomic E-state index is -0.654. The molecule has 0 amide bonds. The fraction of sp³-hybridized carbons (Fsp3) is 0.533. The summed E-state index contributed by atoms with van der Waals surface area (Å²) in [5.74, 6) is -0.439. The second-order valence-electron chi connectivity index (χ2n) is 5.75. The molecule has 5 heteroatoms. The van der Waals surface area contributed by atoms with Crippen molar-refractivity contribution in [3.8, 4) is 11.5 Å². The molecule has 1 unspecified atom stereocenters. The predicted molar refractivity (Wildman–Crippen MR) is 75.0 cm³/mol. The Balaban J connectivity index is 2.01. The molecule has 1 heterocycles. The molecular weight excluding hydrogens is 258 g/mol. The summed E-state index contributed by atoms with van der Waals surface area (Å²) in [6.07, 6.45) is 2.23. The SMILES string of the molecule is CC1(O)CCCN(CC(=O)c2ccc(O)cc2O)CC1. The Morgan fingerprint density at radius 2 is 2.05 bits per heavy atom. The highest BCUT2D eigenvalue weighted by Crippen LogP contribution is 2.24. The van der Waals surface area contributed by atoms with Gasteiger partial charge in [0.2, 0.25) is 0 Å². The summed E-state index contributed by atoms with van der Waals surface area (Å²) >= 11 is 0. The van der Waals surface area contributed by atoms with E-state index in [1.807, 2.05) is 11.8 Å². The molecule has 0 aliphatic carbocycles. The van der Waals surface area contributed by atoms with E-state index in [-0.39, 0.29) is 29.4 Å². The van der Waals surface area contributed by atoms with E-state index in [1.54, 1.807) is 0 Å². The standard InChI is InChI=1S/C15H21NO4/c1-15(20)5-2-7-16(8-6-15)10-14(19)12-4-3-11(17)9-13(12)18/h3-4,9,17-18,20H,2,5-8,10H2,1H3. The zero-order chi connectivity index (χ0) is 14.8. The summed E-state index contributed by atoms with van der Waals surface area (Å²) in [6, 6.07) is 3.99. The number of phenols is 2. The van der Waals surface area contributed by atoms with Gasteiger partial charge in [0.05, 0.1) is 17.7 Å². The highest BCUT2D eigenvalue weighted by Gasteiger charge is 2.26. The topological polar surface area (TPSA) is 81.0 Å². The van der Waals surface area contributed by atoms with Gasteiger partial charge < -0.3 is 15.3 Å². The normalized spacial score (nSPS) is 24.3. The summed E-state index contributed by atoms with van der Waals surface area (Å²) in [7, 11) is 0. The minimum Gasteiger partial charge on any atom is -0.508 e. The third-order valence-electron chi connectivity index (χ3n) is 3.81. The molecule has 0 radical (unpaired) electrons. The van der Waals surface area contributed by atoms with Gasteiger partial charge in [0.1, 0.15) is 11.5 Å². The molecule has 20 heavy (non-hydrogen) atoms. The number of carbonyl (C=O) groups excluding carboxylic acids is 1. The molecule has 1 fully saturated rings. The van der Waals surface area contributed by atoms with E-state index < -0.39 is 5.60 Å². The number of aliphatic hydroxyl groups is 1. The summed E-state index contributed by atoms with van der Waals surface area (Å²) in [5.41, 5.74) is -0.433. The van der Waals surface area contributed by atoms with Crippen molar-refractivity contribution in [2.45, 2.75) is 31.8 Å². The first kappa shape index (κ1) is 14.8. The molecule has 1 saturated heterocycles. The molecule has 0 spiro atoms. The van der Waals surface area contributed by atoms with Gasteiger partial charge in [-0.1, -0.05) is 0 Å². The Morgan fingerprint density at radius 3 is 2.75 bits per heavy atom. The molecule has 2 rings (SSSR count). The van der Waals surface area contributed by atoms with Crippen LogP contribution in [0.1, 0.15) is 36.5 Å². The smallest absolute Gasteiger partial charge is 0.180 e. The molecule has 0 aromatic heterocycles. The van der Waals surface area contributed by atoms with Crippen LogP contribution in [0.4, 0.5) is 0 Å². The van der Waals surface area contributed by atoms with Gasteiger partial charge in [-0.05, 0) is 44.9 Å². The number of hydrogen-bond acceptors (Lipinski definition) is 5. The number of ketones is 1. The van der Waals surface area contributed by atoms with E-state index in [4.69, 9.17) is 0 Å². The van der Waals surface area contributed by atoms with Crippen LogP contribution in [-0.2, 0) is 0 Å². The van der Waals surface area contributed by atoms with Crippen molar-refractivity contribution in [1.82, 2.24) is 4.90 Å². The number of hydrogen-bond donors (Lipinski definition) is 3. The molecule has 0 bridgehead atoms. The first-order chi connectivity index (χ1) is 9.37. The number of likely N-dealkylation sites (tertiary alicyclic amines) is 1. The Hall–Kier alpha value is -1.59. The molecular formula is C15H21NO4. The maximum atomic E-state index is 12.2. The van der Waals surface area contributed by atoms with E-state index in [2.05, 4.69) is 0 Å². The van der Waals surface area contributed by atoms with E-state index in [0.29, 0.717) is 13.0 Å². The fourth-order valence-corrected chi connectivity index (χ4v) is 2.52. The van der Waals surface area contributed by atoms with Crippen LogP contribution >= 0.6 is 0 Å². The molecule has 0 saturated carbocycles. The molecule has 1 aromatic carbocycles.